The Morgan fingerprint density at radius 1 is 1.41 bits per heavy atom. The molecule has 1 aromatic carbocycles. The highest BCUT2D eigenvalue weighted by Gasteiger charge is 2.22. The molecule has 0 saturated heterocycles. The van der Waals surface area contributed by atoms with E-state index in [0.717, 1.165) is 23.5 Å². The average Bonchev–Trinajstić information content (AvgIpc) is 2.98. The molecule has 1 aliphatic rings. The van der Waals surface area contributed by atoms with E-state index >= 15 is 0 Å². The molecule has 3 rings (SSSR count). The van der Waals surface area contributed by atoms with Crippen LogP contribution >= 0.6 is 0 Å². The molecule has 0 radical (unpaired) electrons. The van der Waals surface area contributed by atoms with Crippen LogP contribution in [0.4, 0.5) is 0 Å². The first kappa shape index (κ1) is 10.8. The van der Waals surface area contributed by atoms with E-state index in [1.807, 2.05) is 6.07 Å². The quantitative estimate of drug-likeness (QED) is 0.835. The minimum absolute atomic E-state index is 0.335. The number of benzene rings is 1. The average molecular weight is 250 g/mol. The number of imidazole rings is 1. The van der Waals surface area contributed by atoms with Crippen molar-refractivity contribution in [3.8, 4) is 0 Å². The van der Waals surface area contributed by atoms with Crippen LogP contribution in [0.5, 0.6) is 0 Å². The van der Waals surface area contributed by atoms with Crippen LogP contribution in [-0.2, 0) is 16.4 Å². The first-order valence-corrected chi connectivity index (χ1v) is 7.58. The van der Waals surface area contributed by atoms with Gasteiger partial charge in [0.1, 0.15) is 0 Å². The van der Waals surface area contributed by atoms with Crippen molar-refractivity contribution in [3.63, 3.8) is 0 Å². The van der Waals surface area contributed by atoms with Gasteiger partial charge in [0, 0.05) is 12.8 Å². The summed E-state index contributed by atoms with van der Waals surface area (Å²) in [7, 11) is -3.14. The van der Waals surface area contributed by atoms with E-state index in [1.54, 1.807) is 18.5 Å². The number of nitrogens with zero attached hydrogens (tertiary/aromatic N) is 2. The van der Waals surface area contributed by atoms with Gasteiger partial charge in [-0.2, -0.15) is 0 Å². The maximum absolute atomic E-state index is 11.4. The highest BCUT2D eigenvalue weighted by atomic mass is 32.2. The number of aromatic nitrogens is 2. The molecule has 0 atom stereocenters. The fraction of sp³-hybridized carbons (Fsp3) is 0.417. The molecule has 0 bridgehead atoms. The third-order valence-electron chi connectivity index (χ3n) is 3.17. The summed E-state index contributed by atoms with van der Waals surface area (Å²) in [6.45, 7) is 0.995. The number of rotatable bonds is 3. The zero-order valence-electron chi connectivity index (χ0n) is 9.63. The summed E-state index contributed by atoms with van der Waals surface area (Å²) in [5, 5.41) is 0. The normalized spacial score (nSPS) is 16.5. The van der Waals surface area contributed by atoms with E-state index < -0.39 is 9.84 Å². The van der Waals surface area contributed by atoms with Crippen molar-refractivity contribution in [2.75, 3.05) is 6.26 Å². The van der Waals surface area contributed by atoms with Crippen molar-refractivity contribution < 1.29 is 8.42 Å². The Hall–Kier alpha value is -1.36. The van der Waals surface area contributed by atoms with E-state index in [2.05, 4.69) is 9.55 Å². The lowest BCUT2D eigenvalue weighted by molar-refractivity contribution is 0.602. The molecule has 4 nitrogen and oxygen atoms in total. The lowest BCUT2D eigenvalue weighted by Gasteiger charge is -2.03. The zero-order chi connectivity index (χ0) is 12.0. The molecule has 1 heterocycles. The molecular weight excluding hydrogens is 236 g/mol. The summed E-state index contributed by atoms with van der Waals surface area (Å²) in [5.41, 5.74) is 1.78. The third kappa shape index (κ3) is 2.07. The Morgan fingerprint density at radius 3 is 2.82 bits per heavy atom. The summed E-state index contributed by atoms with van der Waals surface area (Å²) in [5.74, 6) is 0.780. The summed E-state index contributed by atoms with van der Waals surface area (Å²) < 4.78 is 25.0. The predicted molar refractivity (Wildman–Crippen MR) is 65.6 cm³/mol. The van der Waals surface area contributed by atoms with Crippen LogP contribution in [0.2, 0.25) is 0 Å². The number of hydrogen-bond donors (Lipinski definition) is 0. The van der Waals surface area contributed by atoms with Gasteiger partial charge in [0.05, 0.1) is 22.3 Å². The van der Waals surface area contributed by atoms with Crippen molar-refractivity contribution in [2.45, 2.75) is 24.3 Å². The van der Waals surface area contributed by atoms with E-state index in [-0.39, 0.29) is 0 Å². The van der Waals surface area contributed by atoms with Gasteiger partial charge in [0.25, 0.3) is 0 Å². The lowest BCUT2D eigenvalue weighted by atomic mass is 10.3. The Balaban J connectivity index is 2.06. The van der Waals surface area contributed by atoms with Crippen LogP contribution in [0.25, 0.3) is 11.0 Å². The van der Waals surface area contributed by atoms with Crippen LogP contribution in [0.1, 0.15) is 12.8 Å². The standard InChI is InChI=1S/C12H14N2O2S/c1-17(15,16)10-4-5-12-11(6-10)13-8-14(12)7-9-2-3-9/h4-6,8-9H,2-3,7H2,1H3. The fourth-order valence-electron chi connectivity index (χ4n) is 2.00. The van der Waals surface area contributed by atoms with E-state index in [1.165, 1.54) is 19.1 Å². The van der Waals surface area contributed by atoms with Gasteiger partial charge in [-0.1, -0.05) is 0 Å². The van der Waals surface area contributed by atoms with Gasteiger partial charge in [-0.05, 0) is 37.0 Å². The predicted octanol–water partition coefficient (Wildman–Crippen LogP) is 1.85. The van der Waals surface area contributed by atoms with E-state index in [0.29, 0.717) is 4.90 Å². The molecule has 1 saturated carbocycles. The largest absolute Gasteiger partial charge is 0.330 e. The van der Waals surface area contributed by atoms with Crippen LogP contribution in [0.3, 0.4) is 0 Å². The smallest absolute Gasteiger partial charge is 0.175 e. The third-order valence-corrected chi connectivity index (χ3v) is 4.28. The Bertz CT molecular complexity index is 669. The molecule has 1 aromatic heterocycles. The topological polar surface area (TPSA) is 52.0 Å². The summed E-state index contributed by atoms with van der Waals surface area (Å²) >= 11 is 0. The maximum Gasteiger partial charge on any atom is 0.175 e. The van der Waals surface area contributed by atoms with E-state index in [4.69, 9.17) is 0 Å². The molecule has 0 N–H and O–H groups in total. The first-order valence-electron chi connectivity index (χ1n) is 5.69. The van der Waals surface area contributed by atoms with Crippen molar-refractivity contribution in [3.05, 3.63) is 24.5 Å². The maximum atomic E-state index is 11.4. The molecule has 1 fully saturated rings. The minimum atomic E-state index is -3.14. The van der Waals surface area contributed by atoms with Crippen LogP contribution in [0, 0.1) is 5.92 Å². The molecule has 1 aliphatic carbocycles. The molecule has 90 valence electrons. The van der Waals surface area contributed by atoms with Gasteiger partial charge in [-0.15, -0.1) is 0 Å². The number of sulfone groups is 1. The van der Waals surface area contributed by atoms with Crippen molar-refractivity contribution >= 4 is 20.9 Å². The van der Waals surface area contributed by atoms with Crippen molar-refractivity contribution in [1.82, 2.24) is 9.55 Å². The van der Waals surface area contributed by atoms with Crippen LogP contribution in [-0.4, -0.2) is 24.2 Å². The SMILES string of the molecule is CS(=O)(=O)c1ccc2c(c1)ncn2CC1CC1. The Kier molecular flexibility index (Phi) is 2.26. The lowest BCUT2D eigenvalue weighted by Crippen LogP contribution is -1.99. The van der Waals surface area contributed by atoms with Gasteiger partial charge < -0.3 is 4.57 Å². The molecule has 5 heteroatoms. The van der Waals surface area contributed by atoms with Gasteiger partial charge in [0.2, 0.25) is 0 Å². The molecule has 2 aromatic rings. The number of hydrogen-bond acceptors (Lipinski definition) is 3. The zero-order valence-corrected chi connectivity index (χ0v) is 10.4. The molecule has 0 amide bonds. The van der Waals surface area contributed by atoms with Gasteiger partial charge in [-0.3, -0.25) is 0 Å². The summed E-state index contributed by atoms with van der Waals surface area (Å²) in [6, 6.07) is 5.15. The van der Waals surface area contributed by atoms with Crippen molar-refractivity contribution in [1.29, 1.82) is 0 Å². The Morgan fingerprint density at radius 2 is 2.18 bits per heavy atom. The van der Waals surface area contributed by atoms with Gasteiger partial charge in [0.15, 0.2) is 9.84 Å². The van der Waals surface area contributed by atoms with Gasteiger partial charge >= 0.3 is 0 Å². The molecule has 17 heavy (non-hydrogen) atoms. The summed E-state index contributed by atoms with van der Waals surface area (Å²) in [6.07, 6.45) is 5.60. The van der Waals surface area contributed by atoms with Crippen molar-refractivity contribution in [2.24, 2.45) is 5.92 Å². The monoisotopic (exact) mass is 250 g/mol. The highest BCUT2D eigenvalue weighted by molar-refractivity contribution is 7.90. The second-order valence-corrected chi connectivity index (χ2v) is 6.78. The van der Waals surface area contributed by atoms with E-state index in [9.17, 15) is 8.42 Å². The fourth-order valence-corrected chi connectivity index (χ4v) is 2.64. The minimum Gasteiger partial charge on any atom is -0.330 e. The Labute approximate surface area is 100 Å². The second-order valence-electron chi connectivity index (χ2n) is 4.76. The number of fused-ring (bicyclic) bond motifs is 1. The first-order chi connectivity index (χ1) is 8.04. The molecule has 0 unspecified atom stereocenters. The molecule has 0 spiro atoms. The second kappa shape index (κ2) is 3.57. The summed E-state index contributed by atoms with van der Waals surface area (Å²) in [4.78, 5) is 4.61. The highest BCUT2D eigenvalue weighted by Crippen LogP contribution is 2.31. The van der Waals surface area contributed by atoms with Gasteiger partial charge in [-0.25, -0.2) is 13.4 Å². The van der Waals surface area contributed by atoms with Crippen LogP contribution in [0.15, 0.2) is 29.4 Å². The van der Waals surface area contributed by atoms with Crippen LogP contribution < -0.4 is 0 Å². The molecule has 0 aliphatic heterocycles. The molecular formula is C12H14N2O2S.